The Hall–Kier alpha value is -0.870. The van der Waals surface area contributed by atoms with E-state index in [-0.39, 0.29) is 6.04 Å². The topological polar surface area (TPSA) is 38.0 Å². The molecule has 0 aliphatic heterocycles. The number of nitrogens with one attached hydrogen (secondary N) is 1. The summed E-state index contributed by atoms with van der Waals surface area (Å²) in [4.78, 5) is 1.24. The first kappa shape index (κ1) is 13.6. The molecule has 0 aliphatic rings. The number of nitrogens with two attached hydrogens (primary N) is 1. The van der Waals surface area contributed by atoms with E-state index < -0.39 is 0 Å². The van der Waals surface area contributed by atoms with Crippen molar-refractivity contribution in [2.45, 2.75) is 19.0 Å². The van der Waals surface area contributed by atoms with Gasteiger partial charge in [-0.2, -0.15) is 0 Å². The molecular formula is C14H17ClN2S. The SMILES string of the molecule is NC(CNCc1ccc(Cl)s1)Cc1ccccc1. The summed E-state index contributed by atoms with van der Waals surface area (Å²) < 4.78 is 0.834. The summed E-state index contributed by atoms with van der Waals surface area (Å²) in [5, 5.41) is 3.36. The maximum atomic E-state index is 6.09. The van der Waals surface area contributed by atoms with E-state index in [2.05, 4.69) is 17.4 Å². The maximum absolute atomic E-state index is 6.09. The zero-order valence-corrected chi connectivity index (χ0v) is 11.7. The summed E-state index contributed by atoms with van der Waals surface area (Å²) in [6.07, 6.45) is 0.902. The normalized spacial score (nSPS) is 12.6. The number of hydrogen-bond donors (Lipinski definition) is 2. The summed E-state index contributed by atoms with van der Waals surface area (Å²) in [6, 6.07) is 14.4. The van der Waals surface area contributed by atoms with E-state index in [0.717, 1.165) is 23.8 Å². The van der Waals surface area contributed by atoms with Crippen LogP contribution in [0.5, 0.6) is 0 Å². The summed E-state index contributed by atoms with van der Waals surface area (Å²) in [6.45, 7) is 1.64. The lowest BCUT2D eigenvalue weighted by atomic mass is 10.1. The van der Waals surface area contributed by atoms with Crippen LogP contribution in [0.15, 0.2) is 42.5 Å². The first-order valence-corrected chi connectivity index (χ1v) is 7.18. The van der Waals surface area contributed by atoms with E-state index in [1.165, 1.54) is 10.4 Å². The summed E-state index contributed by atoms with van der Waals surface area (Å²) >= 11 is 7.48. The van der Waals surface area contributed by atoms with E-state index in [1.807, 2.05) is 30.3 Å². The average Bonchev–Trinajstić information content (AvgIpc) is 2.76. The van der Waals surface area contributed by atoms with Crippen LogP contribution in [0.25, 0.3) is 0 Å². The fraction of sp³-hybridized carbons (Fsp3) is 0.286. The maximum Gasteiger partial charge on any atom is 0.0931 e. The lowest BCUT2D eigenvalue weighted by Crippen LogP contribution is -2.35. The molecule has 1 heterocycles. The number of halogens is 1. The molecule has 4 heteroatoms. The number of hydrogen-bond acceptors (Lipinski definition) is 3. The molecule has 1 unspecified atom stereocenters. The zero-order chi connectivity index (χ0) is 12.8. The highest BCUT2D eigenvalue weighted by Gasteiger charge is 2.04. The van der Waals surface area contributed by atoms with Gasteiger partial charge in [-0.25, -0.2) is 0 Å². The lowest BCUT2D eigenvalue weighted by molar-refractivity contribution is 0.576. The van der Waals surface area contributed by atoms with Crippen molar-refractivity contribution in [3.05, 3.63) is 57.2 Å². The molecule has 0 amide bonds. The van der Waals surface area contributed by atoms with Crippen molar-refractivity contribution in [2.24, 2.45) is 5.73 Å². The standard InChI is InChI=1S/C14H17ClN2S/c15-14-7-6-13(18-14)10-17-9-12(16)8-11-4-2-1-3-5-11/h1-7,12,17H,8-10,16H2. The van der Waals surface area contributed by atoms with Crippen LogP contribution in [0.2, 0.25) is 4.34 Å². The minimum Gasteiger partial charge on any atom is -0.326 e. The van der Waals surface area contributed by atoms with Gasteiger partial charge in [-0.3, -0.25) is 0 Å². The molecule has 0 saturated heterocycles. The van der Waals surface area contributed by atoms with Gasteiger partial charge in [0.25, 0.3) is 0 Å². The molecule has 0 bridgehead atoms. The lowest BCUT2D eigenvalue weighted by Gasteiger charge is -2.12. The van der Waals surface area contributed by atoms with Gasteiger partial charge in [0.2, 0.25) is 0 Å². The molecule has 0 fully saturated rings. The summed E-state index contributed by atoms with van der Waals surface area (Å²) in [5.41, 5.74) is 7.37. The quantitative estimate of drug-likeness (QED) is 0.853. The van der Waals surface area contributed by atoms with E-state index in [1.54, 1.807) is 11.3 Å². The fourth-order valence-electron chi connectivity index (χ4n) is 1.82. The third-order valence-corrected chi connectivity index (χ3v) is 3.91. The van der Waals surface area contributed by atoms with Gasteiger partial charge in [-0.05, 0) is 24.1 Å². The largest absolute Gasteiger partial charge is 0.326 e. The molecule has 0 saturated carbocycles. The van der Waals surface area contributed by atoms with Gasteiger partial charge < -0.3 is 11.1 Å². The molecule has 1 atom stereocenters. The number of benzene rings is 1. The van der Waals surface area contributed by atoms with Crippen molar-refractivity contribution in [3.63, 3.8) is 0 Å². The second-order valence-electron chi connectivity index (χ2n) is 4.29. The van der Waals surface area contributed by atoms with Gasteiger partial charge in [0, 0.05) is 24.0 Å². The molecule has 1 aromatic carbocycles. The molecular weight excluding hydrogens is 264 g/mol. The van der Waals surface area contributed by atoms with Crippen LogP contribution in [0, 0.1) is 0 Å². The predicted molar refractivity (Wildman–Crippen MR) is 79.2 cm³/mol. The van der Waals surface area contributed by atoms with Crippen LogP contribution in [0.3, 0.4) is 0 Å². The molecule has 96 valence electrons. The van der Waals surface area contributed by atoms with Gasteiger partial charge in [0.05, 0.1) is 4.34 Å². The Morgan fingerprint density at radius 2 is 1.94 bits per heavy atom. The first-order chi connectivity index (χ1) is 8.74. The Balaban J connectivity index is 1.70. The van der Waals surface area contributed by atoms with Crippen molar-refractivity contribution in [1.82, 2.24) is 5.32 Å². The molecule has 18 heavy (non-hydrogen) atoms. The monoisotopic (exact) mass is 280 g/mol. The molecule has 0 spiro atoms. The van der Waals surface area contributed by atoms with E-state index in [9.17, 15) is 0 Å². The summed E-state index contributed by atoms with van der Waals surface area (Å²) in [7, 11) is 0. The third-order valence-electron chi connectivity index (χ3n) is 2.68. The average molecular weight is 281 g/mol. The van der Waals surface area contributed by atoms with Crippen molar-refractivity contribution >= 4 is 22.9 Å². The van der Waals surface area contributed by atoms with Crippen molar-refractivity contribution < 1.29 is 0 Å². The minimum atomic E-state index is 0.142. The van der Waals surface area contributed by atoms with Crippen LogP contribution in [0.1, 0.15) is 10.4 Å². The Morgan fingerprint density at radius 1 is 1.17 bits per heavy atom. The number of thiophene rings is 1. The van der Waals surface area contributed by atoms with E-state index in [0.29, 0.717) is 0 Å². The smallest absolute Gasteiger partial charge is 0.0931 e. The molecule has 2 nitrogen and oxygen atoms in total. The fourth-order valence-corrected chi connectivity index (χ4v) is 2.87. The van der Waals surface area contributed by atoms with Crippen LogP contribution in [0.4, 0.5) is 0 Å². The van der Waals surface area contributed by atoms with Gasteiger partial charge >= 0.3 is 0 Å². The van der Waals surface area contributed by atoms with Crippen molar-refractivity contribution in [1.29, 1.82) is 0 Å². The third kappa shape index (κ3) is 4.42. The zero-order valence-electron chi connectivity index (χ0n) is 10.1. The second-order valence-corrected chi connectivity index (χ2v) is 6.09. The molecule has 2 aromatic rings. The van der Waals surface area contributed by atoms with Crippen molar-refractivity contribution in [2.75, 3.05) is 6.54 Å². The highest BCUT2D eigenvalue weighted by Crippen LogP contribution is 2.20. The van der Waals surface area contributed by atoms with Crippen LogP contribution < -0.4 is 11.1 Å². The van der Waals surface area contributed by atoms with Gasteiger partial charge in [-0.15, -0.1) is 11.3 Å². The van der Waals surface area contributed by atoms with Crippen LogP contribution >= 0.6 is 22.9 Å². The molecule has 0 aliphatic carbocycles. The van der Waals surface area contributed by atoms with E-state index in [4.69, 9.17) is 17.3 Å². The minimum absolute atomic E-state index is 0.142. The Labute approximate surface area is 117 Å². The Kier molecular flexibility index (Phi) is 5.20. The predicted octanol–water partition coefficient (Wildman–Crippen LogP) is 3.06. The molecule has 1 aromatic heterocycles. The highest BCUT2D eigenvalue weighted by molar-refractivity contribution is 7.16. The van der Waals surface area contributed by atoms with Gasteiger partial charge in [0.15, 0.2) is 0 Å². The van der Waals surface area contributed by atoms with Gasteiger partial charge in [-0.1, -0.05) is 41.9 Å². The van der Waals surface area contributed by atoms with E-state index >= 15 is 0 Å². The molecule has 0 radical (unpaired) electrons. The first-order valence-electron chi connectivity index (χ1n) is 5.98. The number of rotatable bonds is 6. The van der Waals surface area contributed by atoms with Gasteiger partial charge in [0.1, 0.15) is 0 Å². The Bertz CT molecular complexity index is 470. The highest BCUT2D eigenvalue weighted by atomic mass is 35.5. The second kappa shape index (κ2) is 6.90. The molecule has 3 N–H and O–H groups in total. The van der Waals surface area contributed by atoms with Crippen LogP contribution in [-0.2, 0) is 13.0 Å². The van der Waals surface area contributed by atoms with Crippen molar-refractivity contribution in [3.8, 4) is 0 Å². The molecule has 2 rings (SSSR count). The Morgan fingerprint density at radius 3 is 2.61 bits per heavy atom. The summed E-state index contributed by atoms with van der Waals surface area (Å²) in [5.74, 6) is 0. The van der Waals surface area contributed by atoms with Crippen LogP contribution in [-0.4, -0.2) is 12.6 Å².